The fraction of sp³-hybridized carbons (Fsp3) is 0.386. The number of pyridine rings is 8. The Balaban J connectivity index is 0.000000126. The molecule has 31 heteroatoms. The summed E-state index contributed by atoms with van der Waals surface area (Å²) in [4.78, 5) is 153. The average molecular weight is 1530 g/mol. The van der Waals surface area contributed by atoms with Gasteiger partial charge in [0.25, 0.3) is 0 Å². The Bertz CT molecular complexity index is 4960. The van der Waals surface area contributed by atoms with Gasteiger partial charge in [-0.25, -0.2) is 59.0 Å². The predicted molar refractivity (Wildman–Crippen MR) is 429 cm³/mol. The highest BCUT2D eigenvalue weighted by molar-refractivity contribution is 6.09. The molecular formula is C83H87N23O8. The third-order valence-electron chi connectivity index (χ3n) is 21.7. The Morgan fingerprint density at radius 2 is 0.675 bits per heavy atom. The largest absolute Gasteiger partial charge is 0.366 e. The van der Waals surface area contributed by atoms with Crippen molar-refractivity contribution in [1.82, 2.24) is 39.9 Å². The zero-order chi connectivity index (χ0) is 79.9. The van der Waals surface area contributed by atoms with Gasteiger partial charge in [-0.2, -0.15) is 15.8 Å². The van der Waals surface area contributed by atoms with E-state index >= 15 is 0 Å². The molecule has 0 radical (unpaired) electrons. The summed E-state index contributed by atoms with van der Waals surface area (Å²) in [5, 5.41) is 38.5. The van der Waals surface area contributed by atoms with Gasteiger partial charge in [0.15, 0.2) is 46.4 Å². The molecule has 1 aliphatic carbocycles. The maximum Gasteiger partial charge on any atom is 0.329 e. The van der Waals surface area contributed by atoms with Gasteiger partial charge in [-0.3, -0.25) is 60.0 Å². The number of carbonyl (C=O) groups is 8. The minimum Gasteiger partial charge on any atom is -0.366 e. The van der Waals surface area contributed by atoms with Gasteiger partial charge in [-0.1, -0.05) is 31.2 Å². The van der Waals surface area contributed by atoms with Crippen LogP contribution in [0, 0.1) is 63.1 Å². The van der Waals surface area contributed by atoms with Gasteiger partial charge in [0.1, 0.15) is 46.0 Å². The fourth-order valence-corrected chi connectivity index (χ4v) is 15.6. The molecule has 16 heterocycles. The van der Waals surface area contributed by atoms with Crippen LogP contribution in [0.3, 0.4) is 0 Å². The Morgan fingerprint density at radius 3 is 0.930 bits per heavy atom. The third kappa shape index (κ3) is 17.2. The molecule has 4 saturated heterocycles. The van der Waals surface area contributed by atoms with Crippen LogP contribution >= 0.6 is 0 Å². The van der Waals surface area contributed by atoms with Crippen molar-refractivity contribution in [3.05, 3.63) is 169 Å². The number of carbonyl (C=O) groups excluding carboxylic acids is 8. The number of nitriles is 3. The first-order chi connectivity index (χ1) is 55.1. The summed E-state index contributed by atoms with van der Waals surface area (Å²) in [6.07, 6.45) is 13.1. The number of anilines is 12. The molecule has 8 bridgehead atoms. The summed E-state index contributed by atoms with van der Waals surface area (Å²) in [5.74, 6) is 3.68. The zero-order valence-corrected chi connectivity index (χ0v) is 64.0. The molecule has 7 atom stereocenters. The Labute approximate surface area is 659 Å². The minimum atomic E-state index is -0.771. The van der Waals surface area contributed by atoms with Gasteiger partial charge < -0.3 is 19.6 Å². The van der Waals surface area contributed by atoms with E-state index in [1.54, 1.807) is 151 Å². The lowest BCUT2D eigenvalue weighted by Gasteiger charge is -2.35. The van der Waals surface area contributed by atoms with Crippen molar-refractivity contribution in [2.45, 2.75) is 123 Å². The summed E-state index contributed by atoms with van der Waals surface area (Å²) >= 11 is 0. The van der Waals surface area contributed by atoms with E-state index < -0.39 is 5.41 Å². The van der Waals surface area contributed by atoms with Gasteiger partial charge in [0.2, 0.25) is 0 Å². The first kappa shape index (κ1) is 77.4. The lowest BCUT2D eigenvalue weighted by molar-refractivity contribution is 0.0941. The topological polar surface area (TPSA) is 385 Å². The predicted octanol–water partition coefficient (Wildman–Crippen LogP) is 12.6. The normalized spacial score (nSPS) is 18.7. The van der Waals surface area contributed by atoms with E-state index in [0.29, 0.717) is 70.5 Å². The Kier molecular flexibility index (Phi) is 22.9. The molecule has 9 aliphatic rings. The van der Waals surface area contributed by atoms with Crippen LogP contribution in [0.5, 0.6) is 0 Å². The highest BCUT2D eigenvalue weighted by Crippen LogP contribution is 2.45. The van der Waals surface area contributed by atoms with E-state index in [1.807, 2.05) is 42.5 Å². The number of fused-ring (bicyclic) bond motifs is 16. The van der Waals surface area contributed by atoms with Crippen molar-refractivity contribution in [1.29, 1.82) is 15.8 Å². The van der Waals surface area contributed by atoms with E-state index in [2.05, 4.69) is 106 Å². The Hall–Kier alpha value is -13.4. The number of amides is 8. The number of hydrogen-bond donors (Lipinski definition) is 4. The van der Waals surface area contributed by atoms with Crippen molar-refractivity contribution < 1.29 is 38.4 Å². The van der Waals surface area contributed by atoms with E-state index in [4.69, 9.17) is 10.5 Å². The summed E-state index contributed by atoms with van der Waals surface area (Å²) in [5.41, 5.74) is 3.95. The second-order valence-corrected chi connectivity index (χ2v) is 30.6. The lowest BCUT2D eigenvalue weighted by Crippen LogP contribution is -2.48. The van der Waals surface area contributed by atoms with Crippen LogP contribution in [0.2, 0.25) is 0 Å². The van der Waals surface area contributed by atoms with Crippen LogP contribution in [0.25, 0.3) is 0 Å². The maximum atomic E-state index is 13.1. The number of ketones is 4. The maximum absolute atomic E-state index is 13.1. The molecule has 8 aromatic heterocycles. The molecule has 0 spiro atoms. The molecule has 1 saturated carbocycles. The molecule has 5 fully saturated rings. The van der Waals surface area contributed by atoms with Crippen molar-refractivity contribution in [3.63, 3.8) is 0 Å². The Morgan fingerprint density at radius 1 is 0.395 bits per heavy atom. The number of Topliss-reactive ketones (excluding diaryl/α,β-unsaturated/α-hetero) is 4. The summed E-state index contributed by atoms with van der Waals surface area (Å²) in [7, 11) is 0. The second-order valence-electron chi connectivity index (χ2n) is 30.6. The number of nitrogens with zero attached hydrogens (tertiary/aromatic N) is 19. The highest BCUT2D eigenvalue weighted by atomic mass is 16.2. The van der Waals surface area contributed by atoms with Gasteiger partial charge in [-0.15, -0.1) is 0 Å². The second kappa shape index (κ2) is 33.7. The van der Waals surface area contributed by atoms with Crippen molar-refractivity contribution in [2.75, 3.05) is 113 Å². The number of rotatable bonds is 17. The molecule has 4 N–H and O–H groups in total. The van der Waals surface area contributed by atoms with Crippen molar-refractivity contribution >= 4 is 117 Å². The molecule has 17 rings (SSSR count). The number of aromatic nitrogens is 8. The molecule has 114 heavy (non-hydrogen) atoms. The smallest absolute Gasteiger partial charge is 0.329 e. The fourth-order valence-electron chi connectivity index (χ4n) is 15.6. The van der Waals surface area contributed by atoms with E-state index in [9.17, 15) is 43.6 Å². The molecule has 31 nitrogen and oxygen atoms in total. The number of nitrogens with one attached hydrogen (secondary N) is 4. The zero-order valence-electron chi connectivity index (χ0n) is 64.0. The van der Waals surface area contributed by atoms with Gasteiger partial charge in [0, 0.05) is 103 Å². The first-order valence-electron chi connectivity index (χ1n) is 38.5. The summed E-state index contributed by atoms with van der Waals surface area (Å²) < 4.78 is 0. The first-order valence-corrected chi connectivity index (χ1v) is 38.5. The van der Waals surface area contributed by atoms with Crippen molar-refractivity contribution in [3.8, 4) is 18.2 Å². The van der Waals surface area contributed by atoms with Crippen molar-refractivity contribution in [2.24, 2.45) is 29.1 Å². The molecule has 8 amide bonds. The molecular weight excluding hydrogens is 1450 g/mol. The molecule has 8 aliphatic heterocycles. The third-order valence-corrected chi connectivity index (χ3v) is 21.7. The molecule has 0 unspecified atom stereocenters. The van der Waals surface area contributed by atoms with E-state index in [0.717, 1.165) is 101 Å². The lowest BCUT2D eigenvalue weighted by atomic mass is 9.88. The van der Waals surface area contributed by atoms with E-state index in [-0.39, 0.29) is 120 Å². The monoisotopic (exact) mass is 1530 g/mol. The SMILES string of the molecule is CC(C)(C#N)CC(=O)c1ccc2c(n1)N(C(=O)Nc1ccccn1)[C@H]1CCN2C1.C[C@H](C#N)CC(=O)c1ccc2c(n1)N(C(=O)Nc1ccccn1)[C@H]1CCN2C1.C[C@H](C#N)CC(=O)c1ccc2c(n1)N(C(=O)Nc1ccccn1)[C@H]1CCN2C1.C[C@H](CC(=O)c1ccc2c(n1)N(C(=O)Nc1ccccn1)[C@H]1CCN2C1)C1CC1. The van der Waals surface area contributed by atoms with Gasteiger partial charge in [-0.05, 0) is 175 Å². The van der Waals surface area contributed by atoms with Gasteiger partial charge in [0.05, 0.1) is 82.4 Å². The van der Waals surface area contributed by atoms with Crippen LogP contribution in [-0.2, 0) is 0 Å². The van der Waals surface area contributed by atoms with Crippen LogP contribution in [0.4, 0.5) is 88.5 Å². The van der Waals surface area contributed by atoms with Gasteiger partial charge >= 0.3 is 24.1 Å². The standard InChI is InChI=1S/C22H25N5O2.C21H22N6O2.2C20H20N6O2/c1-14(15-5-6-15)12-19(28)17-7-8-18-21(24-17)27(16-9-11-26(18)13-16)22(29)25-20-4-2-3-10-23-20;1-21(2,13-22)11-17(28)15-6-7-16-19(24-15)27(14-8-10-26(16)12-14)20(29)25-18-5-3-4-9-23-18;2*1-13(11-21)10-17(27)15-5-6-16-19(23-15)26(14-7-9-25(16)12-14)20(28)24-18-4-2-3-8-22-18/h2-4,7-8,10,14-16H,5-6,9,11-13H2,1H3,(H,23,25,29);3-7,9,14H,8,10-12H2,1-2H3,(H,23,25,29);2*2-6,8,13-14H,7,9-10,12H2,1H3,(H,22,24,28)/t14-,16+;14-;2*13-,14-/m1000/s1. The molecule has 8 aromatic rings. The average Bonchev–Trinajstić information content (AvgIpc) is 1.57. The quantitative estimate of drug-likeness (QED) is 0.0615. The summed E-state index contributed by atoms with van der Waals surface area (Å²) in [6.45, 7) is 15.4. The van der Waals surface area contributed by atoms with Crippen LogP contribution in [0.1, 0.15) is 141 Å². The molecule has 582 valence electrons. The van der Waals surface area contributed by atoms with Crippen LogP contribution < -0.4 is 60.5 Å². The summed E-state index contributed by atoms with van der Waals surface area (Å²) in [6, 6.07) is 40.8. The van der Waals surface area contributed by atoms with Crippen LogP contribution in [-0.4, -0.2) is 164 Å². The number of urea groups is 4. The van der Waals surface area contributed by atoms with E-state index in [1.165, 1.54) is 12.8 Å². The number of hydrogen-bond acceptors (Lipinski definition) is 23. The van der Waals surface area contributed by atoms with Crippen LogP contribution in [0.15, 0.2) is 146 Å². The molecule has 0 aromatic carbocycles. The highest BCUT2D eigenvalue weighted by Gasteiger charge is 2.46. The minimum absolute atomic E-state index is 0.00732.